The minimum Gasteiger partial charge on any atom is -0.399 e. The standard InChI is InChI=1S/C10H11N3S/c11-7-1-2-9-8(5-7)12-10-6-14-4-3-13(9)10/h1-2,5H,3-4,6,11H2. The predicted octanol–water partition coefficient (Wildman–Crippen LogP) is 1.87. The van der Waals surface area contributed by atoms with Gasteiger partial charge in [0.1, 0.15) is 5.82 Å². The van der Waals surface area contributed by atoms with Gasteiger partial charge in [0, 0.05) is 18.0 Å². The number of benzene rings is 1. The molecule has 0 saturated carbocycles. The van der Waals surface area contributed by atoms with Crippen molar-refractivity contribution in [2.45, 2.75) is 12.3 Å². The Bertz CT molecular complexity index is 489. The number of rotatable bonds is 0. The number of nitrogen functional groups attached to an aromatic ring is 1. The van der Waals surface area contributed by atoms with Gasteiger partial charge in [-0.05, 0) is 18.2 Å². The molecule has 1 aliphatic rings. The number of hydrogen-bond donors (Lipinski definition) is 1. The van der Waals surface area contributed by atoms with Crippen LogP contribution in [-0.2, 0) is 12.3 Å². The number of imidazole rings is 1. The van der Waals surface area contributed by atoms with Crippen molar-refractivity contribution in [1.29, 1.82) is 0 Å². The quantitative estimate of drug-likeness (QED) is 0.668. The summed E-state index contributed by atoms with van der Waals surface area (Å²) in [5.74, 6) is 3.39. The van der Waals surface area contributed by atoms with Crippen molar-refractivity contribution >= 4 is 28.5 Å². The molecular weight excluding hydrogens is 194 g/mol. The molecule has 3 rings (SSSR count). The molecule has 0 bridgehead atoms. The normalized spacial score (nSPS) is 15.7. The third kappa shape index (κ3) is 1.10. The van der Waals surface area contributed by atoms with Crippen LogP contribution < -0.4 is 5.73 Å². The molecule has 1 aliphatic heterocycles. The van der Waals surface area contributed by atoms with Crippen LogP contribution in [0.5, 0.6) is 0 Å². The number of nitrogens with two attached hydrogens (primary N) is 1. The lowest BCUT2D eigenvalue weighted by molar-refractivity contribution is 0.740. The lowest BCUT2D eigenvalue weighted by Crippen LogP contribution is -2.10. The summed E-state index contributed by atoms with van der Waals surface area (Å²) in [6.07, 6.45) is 0. The fourth-order valence-corrected chi connectivity index (χ4v) is 2.73. The summed E-state index contributed by atoms with van der Waals surface area (Å²) in [6.45, 7) is 1.07. The van der Waals surface area contributed by atoms with Gasteiger partial charge in [-0.15, -0.1) is 0 Å². The van der Waals surface area contributed by atoms with E-state index in [2.05, 4.69) is 15.6 Å². The van der Waals surface area contributed by atoms with E-state index in [1.165, 1.54) is 17.1 Å². The minimum atomic E-state index is 0.792. The molecule has 72 valence electrons. The lowest BCUT2D eigenvalue weighted by atomic mass is 10.3. The molecule has 2 aromatic rings. The maximum absolute atomic E-state index is 5.73. The van der Waals surface area contributed by atoms with E-state index in [0.717, 1.165) is 23.5 Å². The van der Waals surface area contributed by atoms with E-state index >= 15 is 0 Å². The number of aryl methyl sites for hydroxylation is 1. The Labute approximate surface area is 86.3 Å². The maximum atomic E-state index is 5.73. The van der Waals surface area contributed by atoms with Crippen molar-refractivity contribution in [2.24, 2.45) is 0 Å². The first-order chi connectivity index (χ1) is 6.84. The van der Waals surface area contributed by atoms with Crippen LogP contribution in [0.3, 0.4) is 0 Å². The van der Waals surface area contributed by atoms with Crippen molar-refractivity contribution < 1.29 is 0 Å². The van der Waals surface area contributed by atoms with E-state index < -0.39 is 0 Å². The highest BCUT2D eigenvalue weighted by Crippen LogP contribution is 2.25. The van der Waals surface area contributed by atoms with Crippen molar-refractivity contribution in [2.75, 3.05) is 11.5 Å². The second-order valence-corrected chi connectivity index (χ2v) is 4.59. The molecule has 0 spiro atoms. The first-order valence-corrected chi connectivity index (χ1v) is 5.82. The summed E-state index contributed by atoms with van der Waals surface area (Å²) >= 11 is 1.94. The molecule has 2 heterocycles. The van der Waals surface area contributed by atoms with Crippen LogP contribution in [0.1, 0.15) is 5.82 Å². The van der Waals surface area contributed by atoms with E-state index in [9.17, 15) is 0 Å². The van der Waals surface area contributed by atoms with Gasteiger partial charge in [0.25, 0.3) is 0 Å². The van der Waals surface area contributed by atoms with Gasteiger partial charge in [0.2, 0.25) is 0 Å². The Morgan fingerprint density at radius 3 is 3.29 bits per heavy atom. The first kappa shape index (κ1) is 8.17. The van der Waals surface area contributed by atoms with Crippen molar-refractivity contribution in [1.82, 2.24) is 9.55 Å². The maximum Gasteiger partial charge on any atom is 0.119 e. The Morgan fingerprint density at radius 1 is 1.43 bits per heavy atom. The lowest BCUT2D eigenvalue weighted by Gasteiger charge is -2.13. The van der Waals surface area contributed by atoms with Crippen LogP contribution in [0.15, 0.2) is 18.2 Å². The number of nitrogens with zero attached hydrogens (tertiary/aromatic N) is 2. The first-order valence-electron chi connectivity index (χ1n) is 4.67. The molecule has 14 heavy (non-hydrogen) atoms. The van der Waals surface area contributed by atoms with Gasteiger partial charge < -0.3 is 10.3 Å². The molecule has 0 fully saturated rings. The topological polar surface area (TPSA) is 43.8 Å². The van der Waals surface area contributed by atoms with Crippen LogP contribution >= 0.6 is 11.8 Å². The smallest absolute Gasteiger partial charge is 0.119 e. The number of aromatic nitrogens is 2. The molecule has 0 radical (unpaired) electrons. The number of anilines is 1. The van der Waals surface area contributed by atoms with Crippen LogP contribution in [0, 0.1) is 0 Å². The predicted molar refractivity (Wildman–Crippen MR) is 60.3 cm³/mol. The zero-order valence-electron chi connectivity index (χ0n) is 7.73. The molecule has 2 N–H and O–H groups in total. The largest absolute Gasteiger partial charge is 0.399 e. The summed E-state index contributed by atoms with van der Waals surface area (Å²) in [6, 6.07) is 5.96. The van der Waals surface area contributed by atoms with Crippen molar-refractivity contribution in [3.05, 3.63) is 24.0 Å². The van der Waals surface area contributed by atoms with E-state index in [1.54, 1.807) is 0 Å². The Morgan fingerprint density at radius 2 is 2.36 bits per heavy atom. The Kier molecular flexibility index (Phi) is 1.70. The van der Waals surface area contributed by atoms with Gasteiger partial charge in [-0.1, -0.05) is 0 Å². The van der Waals surface area contributed by atoms with Gasteiger partial charge in [-0.2, -0.15) is 11.8 Å². The van der Waals surface area contributed by atoms with E-state index in [-0.39, 0.29) is 0 Å². The Balaban J connectivity index is 2.31. The van der Waals surface area contributed by atoms with Crippen molar-refractivity contribution in [3.8, 4) is 0 Å². The molecule has 0 saturated heterocycles. The average Bonchev–Trinajstić information content (AvgIpc) is 2.54. The van der Waals surface area contributed by atoms with Crippen LogP contribution in [0.4, 0.5) is 5.69 Å². The molecule has 0 unspecified atom stereocenters. The number of hydrogen-bond acceptors (Lipinski definition) is 3. The molecule has 1 aromatic carbocycles. The molecule has 0 amide bonds. The molecule has 4 heteroatoms. The highest BCUT2D eigenvalue weighted by atomic mass is 32.2. The fourth-order valence-electron chi connectivity index (χ4n) is 1.88. The third-order valence-corrected chi connectivity index (χ3v) is 3.48. The van der Waals surface area contributed by atoms with Gasteiger partial charge >= 0.3 is 0 Å². The summed E-state index contributed by atoms with van der Waals surface area (Å²) in [5, 5.41) is 0. The third-order valence-electron chi connectivity index (χ3n) is 2.54. The van der Waals surface area contributed by atoms with Crippen LogP contribution in [0.2, 0.25) is 0 Å². The zero-order chi connectivity index (χ0) is 9.54. The molecule has 0 atom stereocenters. The monoisotopic (exact) mass is 205 g/mol. The minimum absolute atomic E-state index is 0.792. The van der Waals surface area contributed by atoms with Gasteiger partial charge in [0.05, 0.1) is 16.8 Å². The van der Waals surface area contributed by atoms with Gasteiger partial charge in [0.15, 0.2) is 0 Å². The number of fused-ring (bicyclic) bond motifs is 3. The zero-order valence-corrected chi connectivity index (χ0v) is 8.55. The van der Waals surface area contributed by atoms with E-state index in [4.69, 9.17) is 5.73 Å². The van der Waals surface area contributed by atoms with Crippen LogP contribution in [0.25, 0.3) is 11.0 Å². The van der Waals surface area contributed by atoms with E-state index in [1.807, 2.05) is 23.9 Å². The number of thioether (sulfide) groups is 1. The summed E-state index contributed by atoms with van der Waals surface area (Å²) in [4.78, 5) is 4.58. The fraction of sp³-hybridized carbons (Fsp3) is 0.300. The van der Waals surface area contributed by atoms with Crippen LogP contribution in [-0.4, -0.2) is 15.3 Å². The molecule has 3 nitrogen and oxygen atoms in total. The van der Waals surface area contributed by atoms with Gasteiger partial charge in [-0.25, -0.2) is 4.98 Å². The highest BCUT2D eigenvalue weighted by Gasteiger charge is 2.14. The molecule has 0 aliphatic carbocycles. The average molecular weight is 205 g/mol. The Hall–Kier alpha value is -1.16. The summed E-state index contributed by atoms with van der Waals surface area (Å²) in [7, 11) is 0. The highest BCUT2D eigenvalue weighted by molar-refractivity contribution is 7.98. The summed E-state index contributed by atoms with van der Waals surface area (Å²) in [5.41, 5.74) is 8.77. The van der Waals surface area contributed by atoms with E-state index in [0.29, 0.717) is 0 Å². The second kappa shape index (κ2) is 2.92. The summed E-state index contributed by atoms with van der Waals surface area (Å²) < 4.78 is 2.30. The van der Waals surface area contributed by atoms with Crippen molar-refractivity contribution in [3.63, 3.8) is 0 Å². The molecular formula is C10H11N3S. The second-order valence-electron chi connectivity index (χ2n) is 3.48. The SMILES string of the molecule is Nc1ccc2c(c1)nc1n2CCSC1. The van der Waals surface area contributed by atoms with Gasteiger partial charge in [-0.3, -0.25) is 0 Å². The molecule has 1 aromatic heterocycles.